The zero-order chi connectivity index (χ0) is 16.7. The number of hydrogen-bond acceptors (Lipinski definition) is 3. The fourth-order valence-electron chi connectivity index (χ4n) is 2.84. The van der Waals surface area contributed by atoms with Gasteiger partial charge in [0.25, 0.3) is 11.1 Å². The highest BCUT2D eigenvalue weighted by molar-refractivity contribution is 8.18. The van der Waals surface area contributed by atoms with E-state index in [2.05, 4.69) is 35.9 Å². The van der Waals surface area contributed by atoms with E-state index in [1.807, 2.05) is 26.0 Å². The van der Waals surface area contributed by atoms with Crippen LogP contribution in [0.25, 0.3) is 11.8 Å². The Kier molecular flexibility index (Phi) is 3.90. The summed E-state index contributed by atoms with van der Waals surface area (Å²) in [5.41, 5.74) is 6.72. The standard InChI is InChI=1S/C18H18N2O2S/c1-10-6-5-7-15(12(10)3)20-11(2)8-14(13(20)4)9-16-17(21)19-18(22)23-16/h5-9H,1-4H3,(H,19,21,22)/b16-9-. The second-order valence-electron chi connectivity index (χ2n) is 5.73. The third-order valence-electron chi connectivity index (χ3n) is 4.22. The van der Waals surface area contributed by atoms with Crippen LogP contribution < -0.4 is 5.32 Å². The molecule has 4 nitrogen and oxygen atoms in total. The number of carbonyl (C=O) groups is 2. The van der Waals surface area contributed by atoms with Crippen LogP contribution >= 0.6 is 11.8 Å². The van der Waals surface area contributed by atoms with Crippen LogP contribution in [0.3, 0.4) is 0 Å². The summed E-state index contributed by atoms with van der Waals surface area (Å²) in [5, 5.41) is 1.97. The van der Waals surface area contributed by atoms with Gasteiger partial charge >= 0.3 is 0 Å². The molecule has 0 bridgehead atoms. The summed E-state index contributed by atoms with van der Waals surface area (Å²) in [6, 6.07) is 8.29. The molecule has 1 aromatic heterocycles. The molecule has 0 aliphatic carbocycles. The average Bonchev–Trinajstić information content (AvgIpc) is 2.94. The first kappa shape index (κ1) is 15.6. The molecule has 0 spiro atoms. The molecule has 0 unspecified atom stereocenters. The van der Waals surface area contributed by atoms with Crippen LogP contribution in [-0.4, -0.2) is 15.7 Å². The van der Waals surface area contributed by atoms with Gasteiger partial charge in [-0.3, -0.25) is 14.9 Å². The van der Waals surface area contributed by atoms with Gasteiger partial charge in [-0.25, -0.2) is 0 Å². The second kappa shape index (κ2) is 5.74. The van der Waals surface area contributed by atoms with Gasteiger partial charge in [-0.1, -0.05) is 12.1 Å². The molecular formula is C18H18N2O2S. The van der Waals surface area contributed by atoms with Crippen LogP contribution in [0.4, 0.5) is 4.79 Å². The van der Waals surface area contributed by atoms with Crippen LogP contribution in [-0.2, 0) is 4.79 Å². The highest BCUT2D eigenvalue weighted by Gasteiger charge is 2.25. The normalized spacial score (nSPS) is 16.3. The zero-order valence-electron chi connectivity index (χ0n) is 13.6. The third-order valence-corrected chi connectivity index (χ3v) is 5.03. The number of benzene rings is 1. The van der Waals surface area contributed by atoms with Crippen molar-refractivity contribution in [3.8, 4) is 5.69 Å². The second-order valence-corrected chi connectivity index (χ2v) is 6.75. The first-order valence-electron chi connectivity index (χ1n) is 7.39. The zero-order valence-corrected chi connectivity index (χ0v) is 14.4. The highest BCUT2D eigenvalue weighted by Crippen LogP contribution is 2.30. The van der Waals surface area contributed by atoms with Gasteiger partial charge in [-0.2, -0.15) is 0 Å². The van der Waals surface area contributed by atoms with E-state index in [4.69, 9.17) is 0 Å². The third kappa shape index (κ3) is 2.72. The molecule has 0 saturated carbocycles. The largest absolute Gasteiger partial charge is 0.318 e. The van der Waals surface area contributed by atoms with Crippen molar-refractivity contribution in [1.29, 1.82) is 0 Å². The Hall–Kier alpha value is -2.27. The summed E-state index contributed by atoms with van der Waals surface area (Å²) in [6.45, 7) is 8.28. The van der Waals surface area contributed by atoms with E-state index in [9.17, 15) is 9.59 Å². The summed E-state index contributed by atoms with van der Waals surface area (Å²) >= 11 is 0.946. The summed E-state index contributed by atoms with van der Waals surface area (Å²) in [7, 11) is 0. The number of imide groups is 1. The Morgan fingerprint density at radius 3 is 2.52 bits per heavy atom. The molecule has 1 aromatic carbocycles. The maximum atomic E-state index is 11.7. The predicted molar refractivity (Wildman–Crippen MR) is 93.8 cm³/mol. The monoisotopic (exact) mass is 326 g/mol. The summed E-state index contributed by atoms with van der Waals surface area (Å²) in [6.07, 6.45) is 1.79. The van der Waals surface area contributed by atoms with Crippen LogP contribution in [0.2, 0.25) is 0 Å². The minimum Gasteiger partial charge on any atom is -0.318 e. The number of thioether (sulfide) groups is 1. The number of amides is 2. The molecule has 118 valence electrons. The van der Waals surface area contributed by atoms with E-state index < -0.39 is 0 Å². The molecule has 2 heterocycles. The van der Waals surface area contributed by atoms with Gasteiger partial charge in [0.05, 0.1) is 4.91 Å². The average molecular weight is 326 g/mol. The molecule has 0 atom stereocenters. The number of aromatic nitrogens is 1. The first-order chi connectivity index (χ1) is 10.9. The van der Waals surface area contributed by atoms with Crippen molar-refractivity contribution >= 4 is 29.0 Å². The van der Waals surface area contributed by atoms with Crippen LogP contribution in [0.15, 0.2) is 29.2 Å². The molecular weight excluding hydrogens is 308 g/mol. The van der Waals surface area contributed by atoms with Crippen LogP contribution in [0, 0.1) is 27.7 Å². The van der Waals surface area contributed by atoms with Crippen LogP contribution in [0.5, 0.6) is 0 Å². The maximum absolute atomic E-state index is 11.7. The van der Waals surface area contributed by atoms with Gasteiger partial charge in [-0.15, -0.1) is 0 Å². The SMILES string of the molecule is Cc1cccc(-n2c(C)cc(/C=C3\SC(=O)NC3=O)c2C)c1C. The number of nitrogens with one attached hydrogen (secondary N) is 1. The Labute approximate surface area is 139 Å². The highest BCUT2D eigenvalue weighted by atomic mass is 32.2. The minimum atomic E-state index is -0.323. The Morgan fingerprint density at radius 2 is 1.87 bits per heavy atom. The van der Waals surface area contributed by atoms with Crippen molar-refractivity contribution in [2.45, 2.75) is 27.7 Å². The van der Waals surface area contributed by atoms with Crippen molar-refractivity contribution in [3.05, 3.63) is 57.2 Å². The van der Waals surface area contributed by atoms with Gasteiger partial charge in [0, 0.05) is 17.1 Å². The molecule has 23 heavy (non-hydrogen) atoms. The molecule has 5 heteroatoms. The molecule has 2 amide bonds. The Morgan fingerprint density at radius 1 is 1.13 bits per heavy atom. The fourth-order valence-corrected chi connectivity index (χ4v) is 3.52. The van der Waals surface area contributed by atoms with Gasteiger partial charge < -0.3 is 4.57 Å². The Balaban J connectivity index is 2.11. The number of carbonyl (C=O) groups excluding carboxylic acids is 2. The number of rotatable bonds is 2. The summed E-state index contributed by atoms with van der Waals surface area (Å²) in [5.74, 6) is -0.323. The van der Waals surface area contributed by atoms with E-state index >= 15 is 0 Å². The van der Waals surface area contributed by atoms with Crippen molar-refractivity contribution in [2.75, 3.05) is 0 Å². The molecule has 3 rings (SSSR count). The number of nitrogens with zero attached hydrogens (tertiary/aromatic N) is 1. The predicted octanol–water partition coefficient (Wildman–Crippen LogP) is 4.03. The first-order valence-corrected chi connectivity index (χ1v) is 8.20. The lowest BCUT2D eigenvalue weighted by Crippen LogP contribution is -2.17. The van der Waals surface area contributed by atoms with Gasteiger partial charge in [-0.05, 0) is 74.4 Å². The minimum absolute atomic E-state index is 0.315. The molecule has 1 aliphatic heterocycles. The molecule has 1 aliphatic rings. The molecule has 1 N–H and O–H groups in total. The van der Waals surface area contributed by atoms with Crippen molar-refractivity contribution in [2.24, 2.45) is 0 Å². The smallest absolute Gasteiger partial charge is 0.290 e. The maximum Gasteiger partial charge on any atom is 0.290 e. The van der Waals surface area contributed by atoms with E-state index in [0.717, 1.165) is 34.4 Å². The molecule has 2 aromatic rings. The molecule has 1 fully saturated rings. The van der Waals surface area contributed by atoms with Gasteiger partial charge in [0.15, 0.2) is 0 Å². The molecule has 1 saturated heterocycles. The topological polar surface area (TPSA) is 51.1 Å². The van der Waals surface area contributed by atoms with E-state index in [0.29, 0.717) is 4.91 Å². The quantitative estimate of drug-likeness (QED) is 0.848. The summed E-state index contributed by atoms with van der Waals surface area (Å²) in [4.78, 5) is 23.5. The van der Waals surface area contributed by atoms with Crippen molar-refractivity contribution in [3.63, 3.8) is 0 Å². The van der Waals surface area contributed by atoms with E-state index in [1.165, 1.54) is 11.1 Å². The fraction of sp³-hybridized carbons (Fsp3) is 0.222. The summed E-state index contributed by atoms with van der Waals surface area (Å²) < 4.78 is 2.19. The van der Waals surface area contributed by atoms with Crippen molar-refractivity contribution in [1.82, 2.24) is 9.88 Å². The van der Waals surface area contributed by atoms with E-state index in [-0.39, 0.29) is 11.1 Å². The lowest BCUT2D eigenvalue weighted by molar-refractivity contribution is -0.115. The van der Waals surface area contributed by atoms with Crippen LogP contribution in [0.1, 0.15) is 28.1 Å². The lowest BCUT2D eigenvalue weighted by Gasteiger charge is -2.14. The number of aryl methyl sites for hydroxylation is 2. The number of hydrogen-bond donors (Lipinski definition) is 1. The van der Waals surface area contributed by atoms with E-state index in [1.54, 1.807) is 6.08 Å². The Bertz CT molecular complexity index is 862. The molecule has 0 radical (unpaired) electrons. The van der Waals surface area contributed by atoms with Gasteiger partial charge in [0.1, 0.15) is 0 Å². The van der Waals surface area contributed by atoms with Gasteiger partial charge in [0.2, 0.25) is 0 Å². The lowest BCUT2D eigenvalue weighted by atomic mass is 10.1. The van der Waals surface area contributed by atoms with Crippen molar-refractivity contribution < 1.29 is 9.59 Å².